The van der Waals surface area contributed by atoms with E-state index in [9.17, 15) is 4.79 Å². The molecule has 1 aromatic carbocycles. The van der Waals surface area contributed by atoms with Crippen LogP contribution < -0.4 is 4.90 Å². The van der Waals surface area contributed by atoms with Gasteiger partial charge in [-0.3, -0.25) is 0 Å². The number of benzene rings is 1. The van der Waals surface area contributed by atoms with Crippen molar-refractivity contribution in [1.29, 1.82) is 0 Å². The predicted octanol–water partition coefficient (Wildman–Crippen LogP) is 3.06. The third-order valence-corrected chi connectivity index (χ3v) is 6.13. The van der Waals surface area contributed by atoms with Gasteiger partial charge in [-0.05, 0) is 37.8 Å². The van der Waals surface area contributed by atoms with Gasteiger partial charge in [0, 0.05) is 19.3 Å². The maximum Gasteiger partial charge on any atom is 0.410 e. The summed E-state index contributed by atoms with van der Waals surface area (Å²) in [6.07, 6.45) is 6.50. The van der Waals surface area contributed by atoms with Crippen molar-refractivity contribution in [3.63, 3.8) is 0 Å². The molecule has 1 N–H and O–H groups in total. The molecule has 2 aromatic heterocycles. The first kappa shape index (κ1) is 21.5. The lowest BCUT2D eigenvalue weighted by molar-refractivity contribution is -0.191. The number of aromatic nitrogens is 3. The molecular formula is C23H25N5O4. The molecule has 2 aliphatic rings. The number of piperidine rings is 1. The Morgan fingerprint density at radius 2 is 1.91 bits per heavy atom. The van der Waals surface area contributed by atoms with Gasteiger partial charge in [-0.1, -0.05) is 29.8 Å². The summed E-state index contributed by atoms with van der Waals surface area (Å²) in [5.74, 6) is 0.957. The van der Waals surface area contributed by atoms with Crippen molar-refractivity contribution in [3.05, 3.63) is 54.0 Å². The summed E-state index contributed by atoms with van der Waals surface area (Å²) in [6.45, 7) is 4.00. The van der Waals surface area contributed by atoms with Crippen LogP contribution in [0.5, 0.6) is 0 Å². The number of hydrogen-bond donors (Lipinski definition) is 1. The monoisotopic (exact) mass is 435 g/mol. The molecule has 166 valence electrons. The third kappa shape index (κ3) is 4.33. The first-order valence-corrected chi connectivity index (χ1v) is 10.7. The van der Waals surface area contributed by atoms with Crippen molar-refractivity contribution in [3.8, 4) is 0 Å². The van der Waals surface area contributed by atoms with Crippen LogP contribution in [0.1, 0.15) is 30.4 Å². The Balaban J connectivity index is 0.000000775. The van der Waals surface area contributed by atoms with Crippen LogP contribution in [0, 0.1) is 6.92 Å². The first-order chi connectivity index (χ1) is 15.6. The minimum atomic E-state index is -0.211. The maximum atomic E-state index is 12.8. The van der Waals surface area contributed by atoms with Crippen LogP contribution in [-0.4, -0.2) is 57.3 Å². The minimum absolute atomic E-state index is 0.165. The summed E-state index contributed by atoms with van der Waals surface area (Å²) in [6, 6.07) is 10.6. The molecule has 4 heterocycles. The normalized spacial score (nSPS) is 19.7. The van der Waals surface area contributed by atoms with Crippen LogP contribution >= 0.6 is 0 Å². The second-order valence-electron chi connectivity index (χ2n) is 8.01. The Bertz CT molecular complexity index is 1110. The Morgan fingerprint density at radius 1 is 1.12 bits per heavy atom. The maximum absolute atomic E-state index is 12.8. The van der Waals surface area contributed by atoms with Gasteiger partial charge in [0.15, 0.2) is 0 Å². The van der Waals surface area contributed by atoms with E-state index >= 15 is 0 Å². The van der Waals surface area contributed by atoms with Crippen molar-refractivity contribution in [2.24, 2.45) is 0 Å². The summed E-state index contributed by atoms with van der Waals surface area (Å²) in [5, 5.41) is 1.03. The van der Waals surface area contributed by atoms with Crippen molar-refractivity contribution in [2.75, 3.05) is 18.0 Å². The Hall–Kier alpha value is -3.71. The quantitative estimate of drug-likeness (QED) is 0.673. The molecule has 0 bridgehead atoms. The van der Waals surface area contributed by atoms with E-state index < -0.39 is 0 Å². The SMILES string of the molecule is Cc1ccc(COC(=O)N2CCC[C@@H]3C2CCN3c2ncnc3[nH]ccc23)cc1.O=C=O. The number of likely N-dealkylation sites (tertiary alicyclic amines) is 1. The molecule has 0 spiro atoms. The molecule has 2 aliphatic heterocycles. The van der Waals surface area contributed by atoms with E-state index in [0.717, 1.165) is 54.8 Å². The van der Waals surface area contributed by atoms with E-state index in [-0.39, 0.29) is 24.3 Å². The van der Waals surface area contributed by atoms with Gasteiger partial charge in [0.05, 0.1) is 17.5 Å². The number of rotatable bonds is 3. The van der Waals surface area contributed by atoms with Gasteiger partial charge in [-0.15, -0.1) is 0 Å². The number of anilines is 1. The highest BCUT2D eigenvalue weighted by molar-refractivity contribution is 5.87. The van der Waals surface area contributed by atoms with E-state index in [0.29, 0.717) is 6.61 Å². The average Bonchev–Trinajstić information content (AvgIpc) is 3.46. The summed E-state index contributed by atoms with van der Waals surface area (Å²) in [7, 11) is 0. The number of carbonyl (C=O) groups is 1. The Morgan fingerprint density at radius 3 is 2.69 bits per heavy atom. The molecule has 0 saturated carbocycles. The number of aromatic amines is 1. The van der Waals surface area contributed by atoms with E-state index in [1.807, 2.05) is 41.4 Å². The van der Waals surface area contributed by atoms with Gasteiger partial charge in [-0.25, -0.2) is 14.8 Å². The zero-order chi connectivity index (χ0) is 22.5. The van der Waals surface area contributed by atoms with Crippen molar-refractivity contribution >= 4 is 29.1 Å². The van der Waals surface area contributed by atoms with Crippen LogP contribution in [0.4, 0.5) is 10.6 Å². The fourth-order valence-corrected chi connectivity index (χ4v) is 4.68. The molecule has 9 heteroatoms. The molecule has 0 aliphatic carbocycles. The van der Waals surface area contributed by atoms with Crippen molar-refractivity contribution in [1.82, 2.24) is 19.9 Å². The Labute approximate surface area is 185 Å². The highest BCUT2D eigenvalue weighted by atomic mass is 16.6. The van der Waals surface area contributed by atoms with E-state index in [2.05, 4.69) is 26.8 Å². The second-order valence-corrected chi connectivity index (χ2v) is 8.01. The van der Waals surface area contributed by atoms with Gasteiger partial charge in [-0.2, -0.15) is 9.59 Å². The standard InChI is InChI=1S/C22H25N5O2.CO2/c1-15-4-6-16(7-5-15)13-29-22(28)27-11-2-3-18-19(27)9-12-26(18)21-17-8-10-23-20(17)24-14-25-21;2-1-3/h4-8,10,14,18-19H,2-3,9,11-13H2,1H3,(H,23,24,25);/t18-,19?;/m1./s1. The van der Waals surface area contributed by atoms with Gasteiger partial charge in [0.25, 0.3) is 0 Å². The fourth-order valence-electron chi connectivity index (χ4n) is 4.68. The molecule has 9 nitrogen and oxygen atoms in total. The number of fused-ring (bicyclic) bond motifs is 2. The summed E-state index contributed by atoms with van der Waals surface area (Å²) in [5.41, 5.74) is 3.07. The van der Waals surface area contributed by atoms with Crippen LogP contribution in [0.25, 0.3) is 11.0 Å². The molecule has 1 unspecified atom stereocenters. The van der Waals surface area contributed by atoms with E-state index in [4.69, 9.17) is 14.3 Å². The number of ether oxygens (including phenoxy) is 1. The lowest BCUT2D eigenvalue weighted by atomic mass is 9.97. The topological polar surface area (TPSA) is 108 Å². The number of nitrogens with zero attached hydrogens (tertiary/aromatic N) is 4. The highest BCUT2D eigenvalue weighted by Gasteiger charge is 2.43. The molecule has 32 heavy (non-hydrogen) atoms. The number of nitrogens with one attached hydrogen (secondary N) is 1. The largest absolute Gasteiger partial charge is 0.445 e. The van der Waals surface area contributed by atoms with Crippen LogP contribution in [-0.2, 0) is 20.9 Å². The highest BCUT2D eigenvalue weighted by Crippen LogP contribution is 2.36. The molecule has 2 atom stereocenters. The number of H-pyrrole nitrogens is 1. The molecule has 1 amide bonds. The zero-order valence-corrected chi connectivity index (χ0v) is 17.9. The molecule has 3 aromatic rings. The van der Waals surface area contributed by atoms with Crippen molar-refractivity contribution < 1.29 is 19.1 Å². The number of aryl methyl sites for hydroxylation is 1. The zero-order valence-electron chi connectivity index (χ0n) is 17.9. The molecule has 0 radical (unpaired) electrons. The number of amides is 1. The fraction of sp³-hybridized carbons (Fsp3) is 0.391. The molecular weight excluding hydrogens is 410 g/mol. The van der Waals surface area contributed by atoms with Gasteiger partial charge >= 0.3 is 12.2 Å². The minimum Gasteiger partial charge on any atom is -0.445 e. The third-order valence-electron chi connectivity index (χ3n) is 6.13. The molecule has 2 saturated heterocycles. The first-order valence-electron chi connectivity index (χ1n) is 10.7. The predicted molar refractivity (Wildman–Crippen MR) is 116 cm³/mol. The lowest BCUT2D eigenvalue weighted by Crippen LogP contribution is -2.52. The summed E-state index contributed by atoms with van der Waals surface area (Å²) in [4.78, 5) is 45.4. The van der Waals surface area contributed by atoms with Gasteiger partial charge in [0.2, 0.25) is 0 Å². The number of hydrogen-bond acceptors (Lipinski definition) is 7. The van der Waals surface area contributed by atoms with E-state index in [1.165, 1.54) is 5.56 Å². The van der Waals surface area contributed by atoms with Crippen LogP contribution in [0.15, 0.2) is 42.9 Å². The summed E-state index contributed by atoms with van der Waals surface area (Å²) < 4.78 is 5.65. The Kier molecular flexibility index (Phi) is 6.47. The smallest absolute Gasteiger partial charge is 0.410 e. The molecule has 2 fully saturated rings. The summed E-state index contributed by atoms with van der Waals surface area (Å²) >= 11 is 0. The van der Waals surface area contributed by atoms with Gasteiger partial charge in [0.1, 0.15) is 24.4 Å². The number of carbonyl (C=O) groups excluding carboxylic acids is 3. The molecule has 5 rings (SSSR count). The lowest BCUT2D eigenvalue weighted by Gasteiger charge is -2.39. The second kappa shape index (κ2) is 9.62. The van der Waals surface area contributed by atoms with Gasteiger partial charge < -0.3 is 19.5 Å². The van der Waals surface area contributed by atoms with Crippen LogP contribution in [0.3, 0.4) is 0 Å². The average molecular weight is 435 g/mol. The van der Waals surface area contributed by atoms with E-state index in [1.54, 1.807) is 6.33 Å². The van der Waals surface area contributed by atoms with Crippen LogP contribution in [0.2, 0.25) is 0 Å². The van der Waals surface area contributed by atoms with Crippen molar-refractivity contribution in [2.45, 2.75) is 44.9 Å².